The first kappa shape index (κ1) is 15.3. The highest BCUT2D eigenvalue weighted by atomic mass is 32.1. The average molecular weight is 350 g/mol. The van der Waals surface area contributed by atoms with Crippen LogP contribution in [0.1, 0.15) is 16.1 Å². The summed E-state index contributed by atoms with van der Waals surface area (Å²) >= 11 is 2.33. The number of halogens is 1. The molecule has 0 aliphatic carbocycles. The smallest absolute Gasteiger partial charge is 0.276 e. The van der Waals surface area contributed by atoms with E-state index in [-0.39, 0.29) is 22.6 Å². The SMILES string of the molecule is Cc1cc(F)cc2sc(NC(=O)c3csc(N=C(N)N)n3)nc12. The number of aromatic nitrogens is 2. The Morgan fingerprint density at radius 2 is 2.13 bits per heavy atom. The van der Waals surface area contributed by atoms with Crippen molar-refractivity contribution >= 4 is 55.0 Å². The van der Waals surface area contributed by atoms with Gasteiger partial charge < -0.3 is 11.5 Å². The molecule has 0 unspecified atom stereocenters. The third-order valence-electron chi connectivity index (χ3n) is 2.82. The maximum absolute atomic E-state index is 13.4. The Morgan fingerprint density at radius 3 is 2.87 bits per heavy atom. The summed E-state index contributed by atoms with van der Waals surface area (Å²) in [5.74, 6) is -0.900. The van der Waals surface area contributed by atoms with Crippen molar-refractivity contribution in [3.8, 4) is 0 Å². The Morgan fingerprint density at radius 1 is 1.35 bits per heavy atom. The summed E-state index contributed by atoms with van der Waals surface area (Å²) in [4.78, 5) is 24.2. The number of guanidine groups is 1. The topological polar surface area (TPSA) is 119 Å². The molecule has 2 aromatic heterocycles. The number of nitrogens with one attached hydrogen (secondary N) is 1. The van der Waals surface area contributed by atoms with Gasteiger partial charge >= 0.3 is 0 Å². The largest absolute Gasteiger partial charge is 0.370 e. The third kappa shape index (κ3) is 3.27. The minimum absolute atomic E-state index is 0.130. The maximum atomic E-state index is 13.4. The van der Waals surface area contributed by atoms with Crippen molar-refractivity contribution in [2.45, 2.75) is 6.92 Å². The molecule has 0 radical (unpaired) electrons. The molecule has 23 heavy (non-hydrogen) atoms. The Kier molecular flexibility index (Phi) is 3.92. The molecular formula is C13H11FN6OS2. The lowest BCUT2D eigenvalue weighted by Crippen LogP contribution is -2.21. The fraction of sp³-hybridized carbons (Fsp3) is 0.0769. The van der Waals surface area contributed by atoms with Gasteiger partial charge in [-0.15, -0.1) is 11.3 Å². The first-order valence-electron chi connectivity index (χ1n) is 6.35. The highest BCUT2D eigenvalue weighted by Crippen LogP contribution is 2.29. The first-order valence-corrected chi connectivity index (χ1v) is 8.05. The number of hydrogen-bond acceptors (Lipinski definition) is 6. The van der Waals surface area contributed by atoms with Gasteiger partial charge in [-0.1, -0.05) is 11.3 Å². The molecule has 0 atom stereocenters. The Balaban J connectivity index is 1.84. The van der Waals surface area contributed by atoms with Gasteiger partial charge in [0, 0.05) is 5.38 Å². The maximum Gasteiger partial charge on any atom is 0.276 e. The van der Waals surface area contributed by atoms with Crippen LogP contribution in [-0.4, -0.2) is 21.8 Å². The van der Waals surface area contributed by atoms with Crippen LogP contribution in [0.25, 0.3) is 10.2 Å². The highest BCUT2D eigenvalue weighted by Gasteiger charge is 2.14. The lowest BCUT2D eigenvalue weighted by atomic mass is 10.2. The third-order valence-corrected chi connectivity index (χ3v) is 4.47. The fourth-order valence-electron chi connectivity index (χ4n) is 1.90. The van der Waals surface area contributed by atoms with E-state index in [1.165, 1.54) is 28.8 Å². The predicted molar refractivity (Wildman–Crippen MR) is 89.9 cm³/mol. The quantitative estimate of drug-likeness (QED) is 0.495. The first-order chi connectivity index (χ1) is 10.9. The van der Waals surface area contributed by atoms with E-state index in [1.807, 2.05) is 0 Å². The molecule has 0 bridgehead atoms. The number of carbonyl (C=O) groups excluding carboxylic acids is 1. The minimum atomic E-state index is -0.435. The molecule has 0 spiro atoms. The molecular weight excluding hydrogens is 339 g/mol. The van der Waals surface area contributed by atoms with E-state index in [0.29, 0.717) is 20.9 Å². The monoisotopic (exact) mass is 350 g/mol. The summed E-state index contributed by atoms with van der Waals surface area (Å²) in [5.41, 5.74) is 12.1. The predicted octanol–water partition coefficient (Wildman–Crippen LogP) is 2.36. The normalized spacial score (nSPS) is 10.7. The van der Waals surface area contributed by atoms with Crippen molar-refractivity contribution in [3.63, 3.8) is 0 Å². The van der Waals surface area contributed by atoms with Crippen molar-refractivity contribution in [1.29, 1.82) is 0 Å². The molecule has 3 rings (SSSR count). The van der Waals surface area contributed by atoms with Crippen LogP contribution in [-0.2, 0) is 0 Å². The van der Waals surface area contributed by atoms with Crippen LogP contribution in [0.15, 0.2) is 22.5 Å². The average Bonchev–Trinajstić information content (AvgIpc) is 3.04. The molecule has 118 valence electrons. The second-order valence-corrected chi connectivity index (χ2v) is 6.46. The van der Waals surface area contributed by atoms with Crippen molar-refractivity contribution in [2.75, 3.05) is 5.32 Å². The van der Waals surface area contributed by atoms with E-state index >= 15 is 0 Å². The number of fused-ring (bicyclic) bond motifs is 1. The zero-order chi connectivity index (χ0) is 16.6. The molecule has 2 heterocycles. The van der Waals surface area contributed by atoms with Gasteiger partial charge in [0.25, 0.3) is 5.91 Å². The van der Waals surface area contributed by atoms with Crippen LogP contribution >= 0.6 is 22.7 Å². The van der Waals surface area contributed by atoms with Crippen LogP contribution < -0.4 is 16.8 Å². The zero-order valence-corrected chi connectivity index (χ0v) is 13.5. The van der Waals surface area contributed by atoms with Crippen LogP contribution in [0.5, 0.6) is 0 Å². The number of nitrogens with zero attached hydrogens (tertiary/aromatic N) is 3. The molecule has 7 nitrogen and oxygen atoms in total. The summed E-state index contributed by atoms with van der Waals surface area (Å²) < 4.78 is 14.1. The van der Waals surface area contributed by atoms with Crippen molar-refractivity contribution in [3.05, 3.63) is 34.6 Å². The lowest BCUT2D eigenvalue weighted by molar-refractivity contribution is 0.102. The summed E-state index contributed by atoms with van der Waals surface area (Å²) in [5, 5.41) is 4.84. The number of hydrogen-bond donors (Lipinski definition) is 3. The minimum Gasteiger partial charge on any atom is -0.370 e. The van der Waals surface area contributed by atoms with Gasteiger partial charge in [0.2, 0.25) is 5.13 Å². The van der Waals surface area contributed by atoms with Crippen LogP contribution in [0.3, 0.4) is 0 Å². The molecule has 5 N–H and O–H groups in total. The van der Waals surface area contributed by atoms with Crippen molar-refractivity contribution in [2.24, 2.45) is 16.5 Å². The summed E-state index contributed by atoms with van der Waals surface area (Å²) in [6.45, 7) is 1.76. The number of aliphatic imine (C=N–C) groups is 1. The van der Waals surface area contributed by atoms with Crippen LogP contribution in [0.4, 0.5) is 14.7 Å². The van der Waals surface area contributed by atoms with Gasteiger partial charge in [-0.25, -0.2) is 14.4 Å². The standard InChI is InChI=1S/C13H11FN6OS2/c1-5-2-6(14)3-8-9(5)18-13(23-8)19-10(21)7-4-22-12(17-7)20-11(15)16/h2-4H,1H3,(H,18,19,21)(H4,15,16,17,20). The number of rotatable bonds is 3. The van der Waals surface area contributed by atoms with E-state index in [1.54, 1.807) is 6.92 Å². The van der Waals surface area contributed by atoms with Gasteiger partial charge in [-0.05, 0) is 24.6 Å². The second kappa shape index (κ2) is 5.89. The van der Waals surface area contributed by atoms with E-state index in [4.69, 9.17) is 11.5 Å². The highest BCUT2D eigenvalue weighted by molar-refractivity contribution is 7.22. The Labute approximate surface area is 137 Å². The second-order valence-electron chi connectivity index (χ2n) is 4.59. The van der Waals surface area contributed by atoms with Crippen LogP contribution in [0.2, 0.25) is 0 Å². The molecule has 0 aliphatic rings. The molecule has 10 heteroatoms. The van der Waals surface area contributed by atoms with Gasteiger partial charge in [0.1, 0.15) is 11.5 Å². The number of amides is 1. The molecule has 0 saturated carbocycles. The fourth-order valence-corrected chi connectivity index (χ4v) is 3.55. The Bertz CT molecular complexity index is 928. The Hall–Kier alpha value is -2.59. The molecule has 3 aromatic rings. The van der Waals surface area contributed by atoms with E-state index in [2.05, 4.69) is 20.3 Å². The lowest BCUT2D eigenvalue weighted by Gasteiger charge is -1.96. The number of nitrogens with two attached hydrogens (primary N) is 2. The number of anilines is 1. The van der Waals surface area contributed by atoms with Gasteiger partial charge in [-0.2, -0.15) is 4.99 Å². The van der Waals surface area contributed by atoms with E-state index in [0.717, 1.165) is 11.3 Å². The molecule has 0 fully saturated rings. The molecule has 1 aromatic carbocycles. The van der Waals surface area contributed by atoms with Gasteiger partial charge in [0.15, 0.2) is 11.1 Å². The van der Waals surface area contributed by atoms with E-state index in [9.17, 15) is 9.18 Å². The number of aryl methyl sites for hydroxylation is 1. The number of carbonyl (C=O) groups is 1. The van der Waals surface area contributed by atoms with Gasteiger partial charge in [0.05, 0.1) is 10.2 Å². The molecule has 0 aliphatic heterocycles. The van der Waals surface area contributed by atoms with E-state index < -0.39 is 5.91 Å². The number of thiazole rings is 2. The molecule has 0 saturated heterocycles. The van der Waals surface area contributed by atoms with Crippen molar-refractivity contribution < 1.29 is 9.18 Å². The number of benzene rings is 1. The van der Waals surface area contributed by atoms with Crippen molar-refractivity contribution in [1.82, 2.24) is 9.97 Å². The summed E-state index contributed by atoms with van der Waals surface area (Å²) in [6.07, 6.45) is 0. The molecule has 1 amide bonds. The van der Waals surface area contributed by atoms with Crippen LogP contribution in [0, 0.1) is 12.7 Å². The zero-order valence-electron chi connectivity index (χ0n) is 11.8. The summed E-state index contributed by atoms with van der Waals surface area (Å²) in [6, 6.07) is 2.78. The summed E-state index contributed by atoms with van der Waals surface area (Å²) in [7, 11) is 0. The van der Waals surface area contributed by atoms with Gasteiger partial charge in [-0.3, -0.25) is 10.1 Å².